The second-order valence-corrected chi connectivity index (χ2v) is 4.48. The van der Waals surface area contributed by atoms with Crippen LogP contribution in [0.3, 0.4) is 0 Å². The van der Waals surface area contributed by atoms with Gasteiger partial charge in [-0.2, -0.15) is 0 Å². The highest BCUT2D eigenvalue weighted by Crippen LogP contribution is 2.24. The number of hydrogen-bond donors (Lipinski definition) is 1. The molecule has 0 bridgehead atoms. The zero-order valence-corrected chi connectivity index (χ0v) is 10.0. The normalized spacial score (nSPS) is 13.6. The Bertz CT molecular complexity index is 487. The second kappa shape index (κ2) is 4.22. The fraction of sp³-hybridized carbons (Fsp3) is 0.500. The lowest BCUT2D eigenvalue weighted by atomic mass is 10.00. The number of nitrogens with two attached hydrogens (primary N) is 1. The summed E-state index contributed by atoms with van der Waals surface area (Å²) in [4.78, 5) is 0. The standard InChI is InChI=1S/C12H18N4/c1-8(2)16-11-6-4-5-10(9(3)7-13)12(11)14-15-16/h4-6,8-9H,7,13H2,1-3H3. The maximum Gasteiger partial charge on any atom is 0.116 e. The predicted octanol–water partition coefficient (Wildman–Crippen LogP) is 2.07. The van der Waals surface area contributed by atoms with Gasteiger partial charge in [0.05, 0.1) is 5.52 Å². The maximum absolute atomic E-state index is 5.71. The molecule has 1 heterocycles. The van der Waals surface area contributed by atoms with Crippen LogP contribution in [0.2, 0.25) is 0 Å². The molecule has 0 saturated carbocycles. The first kappa shape index (κ1) is 11.1. The Hall–Kier alpha value is -1.42. The summed E-state index contributed by atoms with van der Waals surface area (Å²) < 4.78 is 1.95. The third kappa shape index (κ3) is 1.69. The Morgan fingerprint density at radius 2 is 2.06 bits per heavy atom. The van der Waals surface area contributed by atoms with Gasteiger partial charge in [-0.15, -0.1) is 5.10 Å². The maximum atomic E-state index is 5.71. The third-order valence-electron chi connectivity index (χ3n) is 2.91. The van der Waals surface area contributed by atoms with Crippen LogP contribution in [-0.4, -0.2) is 21.5 Å². The van der Waals surface area contributed by atoms with E-state index in [1.165, 1.54) is 5.56 Å². The summed E-state index contributed by atoms with van der Waals surface area (Å²) in [7, 11) is 0. The van der Waals surface area contributed by atoms with Gasteiger partial charge in [-0.1, -0.05) is 24.3 Å². The first-order valence-electron chi connectivity index (χ1n) is 5.69. The molecule has 4 nitrogen and oxygen atoms in total. The van der Waals surface area contributed by atoms with Gasteiger partial charge in [-0.3, -0.25) is 0 Å². The average Bonchev–Trinajstić information content (AvgIpc) is 2.71. The molecule has 16 heavy (non-hydrogen) atoms. The van der Waals surface area contributed by atoms with E-state index < -0.39 is 0 Å². The van der Waals surface area contributed by atoms with Crippen LogP contribution < -0.4 is 5.73 Å². The first-order valence-corrected chi connectivity index (χ1v) is 5.69. The number of nitrogens with zero attached hydrogens (tertiary/aromatic N) is 3. The van der Waals surface area contributed by atoms with E-state index in [4.69, 9.17) is 5.73 Å². The van der Waals surface area contributed by atoms with Crippen LogP contribution in [-0.2, 0) is 0 Å². The van der Waals surface area contributed by atoms with Crippen molar-refractivity contribution in [1.29, 1.82) is 0 Å². The molecule has 1 unspecified atom stereocenters. The molecular weight excluding hydrogens is 200 g/mol. The Morgan fingerprint density at radius 1 is 1.31 bits per heavy atom. The minimum Gasteiger partial charge on any atom is -0.330 e. The Kier molecular flexibility index (Phi) is 2.92. The van der Waals surface area contributed by atoms with Gasteiger partial charge in [0, 0.05) is 6.04 Å². The van der Waals surface area contributed by atoms with Gasteiger partial charge in [-0.25, -0.2) is 4.68 Å². The van der Waals surface area contributed by atoms with Crippen molar-refractivity contribution in [1.82, 2.24) is 15.0 Å². The molecule has 0 amide bonds. The molecule has 0 radical (unpaired) electrons. The molecule has 4 heteroatoms. The highest BCUT2D eigenvalue weighted by molar-refractivity contribution is 5.78. The summed E-state index contributed by atoms with van der Waals surface area (Å²) in [6, 6.07) is 6.52. The third-order valence-corrected chi connectivity index (χ3v) is 2.91. The molecule has 0 fully saturated rings. The quantitative estimate of drug-likeness (QED) is 0.858. The van der Waals surface area contributed by atoms with E-state index in [1.54, 1.807) is 0 Å². The molecule has 86 valence electrons. The van der Waals surface area contributed by atoms with Crippen molar-refractivity contribution in [3.8, 4) is 0 Å². The zero-order valence-electron chi connectivity index (χ0n) is 10.0. The highest BCUT2D eigenvalue weighted by Gasteiger charge is 2.13. The highest BCUT2D eigenvalue weighted by atomic mass is 15.4. The Morgan fingerprint density at radius 3 is 2.69 bits per heavy atom. The van der Waals surface area contributed by atoms with E-state index in [2.05, 4.69) is 43.2 Å². The molecule has 2 N–H and O–H groups in total. The van der Waals surface area contributed by atoms with Crippen molar-refractivity contribution in [3.63, 3.8) is 0 Å². The molecule has 0 spiro atoms. The first-order chi connectivity index (χ1) is 7.65. The van der Waals surface area contributed by atoms with Gasteiger partial charge < -0.3 is 5.73 Å². The topological polar surface area (TPSA) is 56.7 Å². The molecule has 1 atom stereocenters. The lowest BCUT2D eigenvalue weighted by Gasteiger charge is -2.10. The van der Waals surface area contributed by atoms with Crippen molar-refractivity contribution >= 4 is 11.0 Å². The van der Waals surface area contributed by atoms with Crippen LogP contribution in [0.15, 0.2) is 18.2 Å². The Labute approximate surface area is 95.4 Å². The predicted molar refractivity (Wildman–Crippen MR) is 65.4 cm³/mol. The van der Waals surface area contributed by atoms with Crippen molar-refractivity contribution in [2.24, 2.45) is 5.73 Å². The van der Waals surface area contributed by atoms with Crippen molar-refractivity contribution in [3.05, 3.63) is 23.8 Å². The van der Waals surface area contributed by atoms with Gasteiger partial charge in [0.1, 0.15) is 5.52 Å². The fourth-order valence-electron chi connectivity index (χ4n) is 1.89. The molecular formula is C12H18N4. The van der Waals surface area contributed by atoms with E-state index in [-0.39, 0.29) is 0 Å². The molecule has 0 aliphatic rings. The summed E-state index contributed by atoms with van der Waals surface area (Å²) in [6.45, 7) is 6.96. The van der Waals surface area contributed by atoms with Crippen molar-refractivity contribution < 1.29 is 0 Å². The van der Waals surface area contributed by atoms with Gasteiger partial charge >= 0.3 is 0 Å². The molecule has 0 aliphatic carbocycles. The minimum absolute atomic E-state index is 0.320. The van der Waals surface area contributed by atoms with Crippen molar-refractivity contribution in [2.75, 3.05) is 6.54 Å². The van der Waals surface area contributed by atoms with Crippen LogP contribution in [0.4, 0.5) is 0 Å². The van der Waals surface area contributed by atoms with Gasteiger partial charge in [-0.05, 0) is 37.9 Å². The lowest BCUT2D eigenvalue weighted by molar-refractivity contribution is 0.530. The van der Waals surface area contributed by atoms with Crippen LogP contribution >= 0.6 is 0 Å². The summed E-state index contributed by atoms with van der Waals surface area (Å²) in [5.41, 5.74) is 8.96. The largest absolute Gasteiger partial charge is 0.330 e. The molecule has 0 aliphatic heterocycles. The van der Waals surface area contributed by atoms with Crippen LogP contribution in [0.5, 0.6) is 0 Å². The summed E-state index contributed by atoms with van der Waals surface area (Å²) >= 11 is 0. The van der Waals surface area contributed by atoms with E-state index in [1.807, 2.05) is 10.7 Å². The van der Waals surface area contributed by atoms with Gasteiger partial charge in [0.25, 0.3) is 0 Å². The van der Waals surface area contributed by atoms with Crippen LogP contribution in [0.1, 0.15) is 38.3 Å². The summed E-state index contributed by atoms with van der Waals surface area (Å²) in [5.74, 6) is 0.320. The zero-order chi connectivity index (χ0) is 11.7. The lowest BCUT2D eigenvalue weighted by Crippen LogP contribution is -2.09. The van der Waals surface area contributed by atoms with E-state index in [0.29, 0.717) is 18.5 Å². The Balaban J connectivity index is 2.62. The van der Waals surface area contributed by atoms with Gasteiger partial charge in [0.2, 0.25) is 0 Å². The number of aromatic nitrogens is 3. The second-order valence-electron chi connectivity index (χ2n) is 4.48. The number of rotatable bonds is 3. The SMILES string of the molecule is CC(CN)c1cccc2c1nnn2C(C)C. The molecule has 1 aromatic heterocycles. The summed E-state index contributed by atoms with van der Waals surface area (Å²) in [5, 5.41) is 8.46. The molecule has 2 aromatic rings. The molecule has 1 aromatic carbocycles. The van der Waals surface area contributed by atoms with Crippen LogP contribution in [0, 0.1) is 0 Å². The van der Waals surface area contributed by atoms with E-state index in [0.717, 1.165) is 11.0 Å². The molecule has 2 rings (SSSR count). The van der Waals surface area contributed by atoms with E-state index in [9.17, 15) is 0 Å². The summed E-state index contributed by atoms with van der Waals surface area (Å²) in [6.07, 6.45) is 0. The fourth-order valence-corrected chi connectivity index (χ4v) is 1.89. The van der Waals surface area contributed by atoms with E-state index >= 15 is 0 Å². The minimum atomic E-state index is 0.320. The number of hydrogen-bond acceptors (Lipinski definition) is 3. The average molecular weight is 218 g/mol. The van der Waals surface area contributed by atoms with Crippen molar-refractivity contribution in [2.45, 2.75) is 32.7 Å². The monoisotopic (exact) mass is 218 g/mol. The van der Waals surface area contributed by atoms with Crippen LogP contribution in [0.25, 0.3) is 11.0 Å². The van der Waals surface area contributed by atoms with Gasteiger partial charge in [0.15, 0.2) is 0 Å². The molecule has 0 saturated heterocycles. The smallest absolute Gasteiger partial charge is 0.116 e. The number of benzene rings is 1. The number of fused-ring (bicyclic) bond motifs is 1.